The molecule has 0 aliphatic carbocycles. The number of ether oxygens (including phenoxy) is 6. The number of hydrogen-bond acceptors (Lipinski definition) is 8. The second kappa shape index (κ2) is 20.2. The summed E-state index contributed by atoms with van der Waals surface area (Å²) in [4.78, 5) is 10.5. The highest BCUT2D eigenvalue weighted by Gasteiger charge is 1.95. The van der Waals surface area contributed by atoms with Gasteiger partial charge >= 0.3 is 0 Å². The van der Waals surface area contributed by atoms with E-state index in [-0.39, 0.29) is 12.3 Å². The summed E-state index contributed by atoms with van der Waals surface area (Å²) >= 11 is 0. The maximum absolute atomic E-state index is 10.5. The van der Waals surface area contributed by atoms with E-state index in [0.29, 0.717) is 85.8 Å². The van der Waals surface area contributed by atoms with Crippen LogP contribution in [0.2, 0.25) is 0 Å². The molecule has 0 unspecified atom stereocenters. The Morgan fingerprint density at radius 3 is 1.12 bits per heavy atom. The first-order valence-electron chi connectivity index (χ1n) is 8.22. The van der Waals surface area contributed by atoms with Crippen LogP contribution >= 0.6 is 0 Å². The average molecular weight is 352 g/mol. The Morgan fingerprint density at radius 1 is 0.542 bits per heavy atom. The molecule has 1 amide bonds. The highest BCUT2D eigenvalue weighted by atomic mass is 16.6. The van der Waals surface area contributed by atoms with Crippen molar-refractivity contribution < 1.29 is 33.2 Å². The third-order valence-corrected chi connectivity index (χ3v) is 2.62. The zero-order valence-electron chi connectivity index (χ0n) is 14.4. The summed E-state index contributed by atoms with van der Waals surface area (Å²) in [6.07, 6.45) is 0.232. The minimum atomic E-state index is -0.366. The summed E-state index contributed by atoms with van der Waals surface area (Å²) < 4.78 is 31.6. The van der Waals surface area contributed by atoms with Gasteiger partial charge in [-0.1, -0.05) is 0 Å². The number of rotatable bonds is 20. The van der Waals surface area contributed by atoms with Crippen LogP contribution < -0.4 is 11.5 Å². The van der Waals surface area contributed by atoms with E-state index in [0.717, 1.165) is 0 Å². The number of amides is 1. The molecule has 24 heavy (non-hydrogen) atoms. The van der Waals surface area contributed by atoms with Gasteiger partial charge in [0, 0.05) is 13.0 Å². The van der Waals surface area contributed by atoms with Crippen molar-refractivity contribution in [2.75, 3.05) is 85.8 Å². The fourth-order valence-electron chi connectivity index (χ4n) is 1.46. The lowest BCUT2D eigenvalue weighted by atomic mass is 10.4. The van der Waals surface area contributed by atoms with E-state index in [1.807, 2.05) is 0 Å². The van der Waals surface area contributed by atoms with Gasteiger partial charge in [-0.05, 0) is 0 Å². The van der Waals surface area contributed by atoms with Crippen LogP contribution in [0, 0.1) is 0 Å². The van der Waals surface area contributed by atoms with Crippen molar-refractivity contribution in [2.45, 2.75) is 6.42 Å². The monoisotopic (exact) mass is 352 g/mol. The van der Waals surface area contributed by atoms with Crippen LogP contribution in [0.3, 0.4) is 0 Å². The summed E-state index contributed by atoms with van der Waals surface area (Å²) in [5.41, 5.74) is 10.3. The van der Waals surface area contributed by atoms with Gasteiger partial charge in [0.25, 0.3) is 0 Å². The summed E-state index contributed by atoms with van der Waals surface area (Å²) in [5.74, 6) is -0.366. The molecule has 144 valence electrons. The number of carbonyl (C=O) groups is 1. The molecule has 0 aromatic carbocycles. The van der Waals surface area contributed by atoms with Crippen LogP contribution in [0.25, 0.3) is 0 Å². The summed E-state index contributed by atoms with van der Waals surface area (Å²) in [5, 5.41) is 0. The molecule has 0 rings (SSSR count). The largest absolute Gasteiger partial charge is 0.379 e. The molecule has 0 radical (unpaired) electrons. The van der Waals surface area contributed by atoms with Crippen LogP contribution in [-0.4, -0.2) is 91.7 Å². The molecule has 4 N–H and O–H groups in total. The van der Waals surface area contributed by atoms with Gasteiger partial charge < -0.3 is 39.9 Å². The van der Waals surface area contributed by atoms with Gasteiger partial charge in [0.1, 0.15) is 0 Å². The van der Waals surface area contributed by atoms with Crippen LogP contribution in [0.5, 0.6) is 0 Å². The number of primary amides is 1. The quantitative estimate of drug-likeness (QED) is 0.265. The van der Waals surface area contributed by atoms with E-state index in [4.69, 9.17) is 39.9 Å². The average Bonchev–Trinajstić information content (AvgIpc) is 2.56. The lowest BCUT2D eigenvalue weighted by Crippen LogP contribution is -2.16. The van der Waals surface area contributed by atoms with Gasteiger partial charge in [0.05, 0.1) is 79.3 Å². The smallest absolute Gasteiger partial charge is 0.219 e. The van der Waals surface area contributed by atoms with Crippen molar-refractivity contribution in [1.82, 2.24) is 0 Å². The van der Waals surface area contributed by atoms with Crippen molar-refractivity contribution in [3.63, 3.8) is 0 Å². The second-order valence-electron chi connectivity index (χ2n) is 4.68. The molecule has 0 aliphatic rings. The van der Waals surface area contributed by atoms with Gasteiger partial charge in [0.2, 0.25) is 5.91 Å². The Balaban J connectivity index is 2.97. The molecule has 0 aromatic rings. The van der Waals surface area contributed by atoms with Crippen LogP contribution in [0.1, 0.15) is 6.42 Å². The van der Waals surface area contributed by atoms with Crippen LogP contribution in [-0.2, 0) is 33.2 Å². The van der Waals surface area contributed by atoms with Gasteiger partial charge in [0.15, 0.2) is 0 Å². The maximum atomic E-state index is 10.5. The highest BCUT2D eigenvalue weighted by Crippen LogP contribution is 1.85. The SMILES string of the molecule is NCCOCCOCCOCCOCCOCCOCCC(N)=O. The van der Waals surface area contributed by atoms with Crippen molar-refractivity contribution in [1.29, 1.82) is 0 Å². The van der Waals surface area contributed by atoms with E-state index >= 15 is 0 Å². The maximum Gasteiger partial charge on any atom is 0.219 e. The molecule has 0 saturated carbocycles. The highest BCUT2D eigenvalue weighted by molar-refractivity contribution is 5.73. The van der Waals surface area contributed by atoms with E-state index in [1.165, 1.54) is 0 Å². The van der Waals surface area contributed by atoms with Gasteiger partial charge in [-0.3, -0.25) is 4.79 Å². The summed E-state index contributed by atoms with van der Waals surface area (Å²) in [6, 6.07) is 0. The summed E-state index contributed by atoms with van der Waals surface area (Å²) in [6.45, 7) is 6.49. The zero-order valence-corrected chi connectivity index (χ0v) is 14.4. The topological polar surface area (TPSA) is 124 Å². The minimum absolute atomic E-state index is 0.232. The molecule has 0 aliphatic heterocycles. The molecular formula is C15H32N2O7. The number of hydrogen-bond donors (Lipinski definition) is 2. The van der Waals surface area contributed by atoms with Gasteiger partial charge in [-0.2, -0.15) is 0 Å². The molecule has 0 atom stereocenters. The Labute approximate surface area is 143 Å². The predicted octanol–water partition coefficient (Wildman–Crippen LogP) is -1.08. The lowest BCUT2D eigenvalue weighted by Gasteiger charge is -2.08. The molecule has 0 saturated heterocycles. The minimum Gasteiger partial charge on any atom is -0.379 e. The Morgan fingerprint density at radius 2 is 0.833 bits per heavy atom. The fourth-order valence-corrected chi connectivity index (χ4v) is 1.46. The van der Waals surface area contributed by atoms with Crippen molar-refractivity contribution >= 4 is 5.91 Å². The summed E-state index contributed by atoms with van der Waals surface area (Å²) in [7, 11) is 0. The van der Waals surface area contributed by atoms with Crippen molar-refractivity contribution in [2.24, 2.45) is 11.5 Å². The van der Waals surface area contributed by atoms with Crippen molar-refractivity contribution in [3.8, 4) is 0 Å². The van der Waals surface area contributed by atoms with E-state index < -0.39 is 0 Å². The second-order valence-corrected chi connectivity index (χ2v) is 4.68. The molecule has 0 bridgehead atoms. The third-order valence-electron chi connectivity index (χ3n) is 2.62. The standard InChI is InChI=1S/C15H32N2O7/c16-2-4-20-6-8-22-10-12-24-14-13-23-11-9-21-7-5-19-3-1-15(17)18/h1-14,16H2,(H2,17,18). The van der Waals surface area contributed by atoms with Crippen LogP contribution in [0.4, 0.5) is 0 Å². The Bertz CT molecular complexity index is 270. The molecule has 0 spiro atoms. The Kier molecular flexibility index (Phi) is 19.6. The van der Waals surface area contributed by atoms with E-state index in [1.54, 1.807) is 0 Å². The van der Waals surface area contributed by atoms with Gasteiger partial charge in [-0.15, -0.1) is 0 Å². The molecular weight excluding hydrogens is 320 g/mol. The first kappa shape index (κ1) is 23.2. The van der Waals surface area contributed by atoms with Gasteiger partial charge in [-0.25, -0.2) is 0 Å². The fraction of sp³-hybridized carbons (Fsp3) is 0.933. The lowest BCUT2D eigenvalue weighted by molar-refractivity contribution is -0.119. The molecule has 9 heteroatoms. The van der Waals surface area contributed by atoms with Crippen molar-refractivity contribution in [3.05, 3.63) is 0 Å². The molecule has 0 fully saturated rings. The first-order valence-corrected chi connectivity index (χ1v) is 8.22. The number of carbonyl (C=O) groups excluding carboxylic acids is 1. The normalized spacial score (nSPS) is 11.0. The molecule has 0 heterocycles. The first-order chi connectivity index (χ1) is 11.8. The molecule has 9 nitrogen and oxygen atoms in total. The third kappa shape index (κ3) is 21.2. The predicted molar refractivity (Wildman–Crippen MR) is 87.8 cm³/mol. The molecule has 0 aromatic heterocycles. The number of nitrogens with two attached hydrogens (primary N) is 2. The Hall–Kier alpha value is -0.810. The van der Waals surface area contributed by atoms with Crippen LogP contribution in [0.15, 0.2) is 0 Å². The van der Waals surface area contributed by atoms with E-state index in [2.05, 4.69) is 0 Å². The van der Waals surface area contributed by atoms with E-state index in [9.17, 15) is 4.79 Å². The zero-order chi connectivity index (χ0) is 17.7.